The van der Waals surface area contributed by atoms with Gasteiger partial charge in [0.15, 0.2) is 0 Å². The van der Waals surface area contributed by atoms with Gasteiger partial charge in [0, 0.05) is 32.5 Å². The maximum absolute atomic E-state index is 10.8. The van der Waals surface area contributed by atoms with Crippen molar-refractivity contribution in [1.29, 1.82) is 0 Å². The Bertz CT molecular complexity index is 372. The van der Waals surface area contributed by atoms with Crippen molar-refractivity contribution in [1.82, 2.24) is 9.97 Å². The van der Waals surface area contributed by atoms with E-state index in [9.17, 15) is 4.79 Å². The van der Waals surface area contributed by atoms with Crippen molar-refractivity contribution in [2.75, 3.05) is 33.5 Å². The third-order valence-electron chi connectivity index (χ3n) is 1.97. The number of carboxylic acid groups (broad SMARTS) is 1. The first kappa shape index (κ1) is 14.3. The van der Waals surface area contributed by atoms with E-state index in [0.29, 0.717) is 32.8 Å². The predicted octanol–water partition coefficient (Wildman–Crippen LogP) is 0.607. The topological polar surface area (TPSA) is 90.8 Å². The molecule has 100 valence electrons. The molecule has 1 rings (SSSR count). The molecule has 0 fully saturated rings. The lowest BCUT2D eigenvalue weighted by atomic mass is 10.4. The molecule has 0 aliphatic rings. The maximum atomic E-state index is 10.8. The van der Waals surface area contributed by atoms with E-state index in [0.717, 1.165) is 0 Å². The molecule has 0 bridgehead atoms. The summed E-state index contributed by atoms with van der Waals surface area (Å²) in [7, 11) is 1.61. The lowest BCUT2D eigenvalue weighted by Crippen LogP contribution is -2.10. The van der Waals surface area contributed by atoms with Crippen LogP contribution in [0.2, 0.25) is 0 Å². The second-order valence-electron chi connectivity index (χ2n) is 3.32. The Morgan fingerprint density at radius 2 is 2.00 bits per heavy atom. The van der Waals surface area contributed by atoms with Crippen LogP contribution in [0.1, 0.15) is 16.9 Å². The maximum Gasteiger partial charge on any atom is 0.360 e. The van der Waals surface area contributed by atoms with Crippen molar-refractivity contribution >= 4 is 5.97 Å². The van der Waals surface area contributed by atoms with Gasteiger partial charge in [-0.05, 0) is 0 Å². The predicted molar refractivity (Wildman–Crippen MR) is 61.8 cm³/mol. The van der Waals surface area contributed by atoms with Crippen molar-refractivity contribution in [3.05, 3.63) is 18.1 Å². The van der Waals surface area contributed by atoms with Crippen molar-refractivity contribution in [3.8, 4) is 5.88 Å². The van der Waals surface area contributed by atoms with Crippen molar-refractivity contribution < 1.29 is 24.1 Å². The van der Waals surface area contributed by atoms with Gasteiger partial charge in [-0.1, -0.05) is 0 Å². The van der Waals surface area contributed by atoms with Crippen LogP contribution in [0, 0.1) is 0 Å². The van der Waals surface area contributed by atoms with Gasteiger partial charge >= 0.3 is 5.97 Å². The van der Waals surface area contributed by atoms with E-state index in [1.165, 1.54) is 12.4 Å². The zero-order chi connectivity index (χ0) is 13.2. The molecule has 1 heterocycles. The van der Waals surface area contributed by atoms with E-state index in [1.807, 2.05) is 0 Å². The molecule has 0 atom stereocenters. The van der Waals surface area contributed by atoms with Crippen LogP contribution in [0.5, 0.6) is 5.88 Å². The molecule has 0 unspecified atom stereocenters. The number of nitrogens with zero attached hydrogens (tertiary/aromatic N) is 2. The number of hydrogen-bond donors (Lipinski definition) is 1. The third kappa shape index (κ3) is 5.07. The van der Waals surface area contributed by atoms with Crippen LogP contribution in [0.15, 0.2) is 12.4 Å². The van der Waals surface area contributed by atoms with Crippen LogP contribution in [0.25, 0.3) is 0 Å². The number of carbonyl (C=O) groups is 1. The zero-order valence-corrected chi connectivity index (χ0v) is 10.2. The Hall–Kier alpha value is -1.73. The van der Waals surface area contributed by atoms with Gasteiger partial charge in [-0.15, -0.1) is 0 Å². The second-order valence-corrected chi connectivity index (χ2v) is 3.32. The molecular formula is C11H16N2O5. The lowest BCUT2D eigenvalue weighted by Gasteiger charge is -2.07. The summed E-state index contributed by atoms with van der Waals surface area (Å²) in [6.07, 6.45) is 3.33. The molecule has 7 heteroatoms. The number of methoxy groups -OCH3 is 1. The standard InChI is InChI=1S/C11H16N2O5/c1-16-7-8-17-5-2-6-18-10-9(11(14)15)12-3-4-13-10/h3-4H,2,5-8H2,1H3,(H,14,15). The summed E-state index contributed by atoms with van der Waals surface area (Å²) in [5, 5.41) is 8.84. The van der Waals surface area contributed by atoms with E-state index in [-0.39, 0.29) is 11.6 Å². The number of carboxylic acids is 1. The first-order valence-electron chi connectivity index (χ1n) is 5.49. The highest BCUT2D eigenvalue weighted by molar-refractivity contribution is 5.87. The molecular weight excluding hydrogens is 240 g/mol. The van der Waals surface area contributed by atoms with Gasteiger partial charge in [0.25, 0.3) is 0 Å². The number of hydrogen-bond acceptors (Lipinski definition) is 6. The summed E-state index contributed by atoms with van der Waals surface area (Å²) in [6, 6.07) is 0. The fourth-order valence-electron chi connectivity index (χ4n) is 1.15. The molecule has 0 radical (unpaired) electrons. The summed E-state index contributed by atoms with van der Waals surface area (Å²) >= 11 is 0. The lowest BCUT2D eigenvalue weighted by molar-refractivity contribution is 0.0632. The molecule has 0 amide bonds. The molecule has 0 aliphatic heterocycles. The molecule has 18 heavy (non-hydrogen) atoms. The van der Waals surface area contributed by atoms with Gasteiger partial charge in [-0.2, -0.15) is 0 Å². The number of aromatic nitrogens is 2. The van der Waals surface area contributed by atoms with Crippen molar-refractivity contribution in [2.45, 2.75) is 6.42 Å². The van der Waals surface area contributed by atoms with Crippen LogP contribution in [0.3, 0.4) is 0 Å². The highest BCUT2D eigenvalue weighted by atomic mass is 16.5. The molecule has 1 N–H and O–H groups in total. The Morgan fingerprint density at radius 3 is 2.72 bits per heavy atom. The fraction of sp³-hybridized carbons (Fsp3) is 0.545. The first-order chi connectivity index (χ1) is 8.75. The van der Waals surface area contributed by atoms with Crippen LogP contribution < -0.4 is 4.74 Å². The van der Waals surface area contributed by atoms with E-state index in [2.05, 4.69) is 9.97 Å². The minimum absolute atomic E-state index is 0.0295. The molecule has 1 aromatic heterocycles. The van der Waals surface area contributed by atoms with E-state index in [1.54, 1.807) is 7.11 Å². The van der Waals surface area contributed by atoms with Crippen molar-refractivity contribution in [3.63, 3.8) is 0 Å². The normalized spacial score (nSPS) is 10.3. The SMILES string of the molecule is COCCOCCCOc1nccnc1C(=O)O. The average molecular weight is 256 g/mol. The summed E-state index contributed by atoms with van der Waals surface area (Å²) < 4.78 is 15.3. The van der Waals surface area contributed by atoms with Gasteiger partial charge in [0.2, 0.25) is 11.6 Å². The van der Waals surface area contributed by atoms with Gasteiger partial charge in [-0.25, -0.2) is 14.8 Å². The Morgan fingerprint density at radius 1 is 1.22 bits per heavy atom. The highest BCUT2D eigenvalue weighted by Gasteiger charge is 2.13. The molecule has 0 saturated heterocycles. The zero-order valence-electron chi connectivity index (χ0n) is 10.2. The largest absolute Gasteiger partial charge is 0.476 e. The smallest absolute Gasteiger partial charge is 0.360 e. The first-order valence-corrected chi connectivity index (χ1v) is 5.49. The molecule has 0 aliphatic carbocycles. The Kier molecular flexibility index (Phi) is 6.67. The van der Waals surface area contributed by atoms with Crippen LogP contribution in [0.4, 0.5) is 0 Å². The Balaban J connectivity index is 2.25. The average Bonchev–Trinajstić information content (AvgIpc) is 2.38. The highest BCUT2D eigenvalue weighted by Crippen LogP contribution is 2.11. The molecule has 7 nitrogen and oxygen atoms in total. The van der Waals surface area contributed by atoms with E-state index in [4.69, 9.17) is 19.3 Å². The van der Waals surface area contributed by atoms with Crippen LogP contribution in [-0.4, -0.2) is 54.6 Å². The van der Waals surface area contributed by atoms with Gasteiger partial charge < -0.3 is 19.3 Å². The van der Waals surface area contributed by atoms with E-state index < -0.39 is 5.97 Å². The molecule has 0 saturated carbocycles. The fourth-order valence-corrected chi connectivity index (χ4v) is 1.15. The summed E-state index contributed by atoms with van der Waals surface area (Å²) in [4.78, 5) is 18.3. The minimum atomic E-state index is -1.16. The second kappa shape index (κ2) is 8.37. The number of rotatable bonds is 9. The molecule has 0 spiro atoms. The van der Waals surface area contributed by atoms with Gasteiger partial charge in [0.1, 0.15) is 0 Å². The summed E-state index contributed by atoms with van der Waals surface area (Å²) in [5.74, 6) is -1.13. The monoisotopic (exact) mass is 256 g/mol. The summed E-state index contributed by atoms with van der Waals surface area (Å²) in [5.41, 5.74) is -0.183. The van der Waals surface area contributed by atoms with Crippen molar-refractivity contribution in [2.24, 2.45) is 0 Å². The summed E-state index contributed by atoms with van der Waals surface area (Å²) in [6.45, 7) is 1.92. The quantitative estimate of drug-likeness (QED) is 0.647. The number of ether oxygens (including phenoxy) is 3. The van der Waals surface area contributed by atoms with Gasteiger partial charge in [-0.3, -0.25) is 0 Å². The number of aromatic carboxylic acids is 1. The Labute approximate surface area is 105 Å². The van der Waals surface area contributed by atoms with Crippen LogP contribution in [-0.2, 0) is 9.47 Å². The van der Waals surface area contributed by atoms with Gasteiger partial charge in [0.05, 0.1) is 19.8 Å². The van der Waals surface area contributed by atoms with Crippen LogP contribution >= 0.6 is 0 Å². The minimum Gasteiger partial charge on any atom is -0.476 e. The molecule has 0 aromatic carbocycles. The third-order valence-corrected chi connectivity index (χ3v) is 1.97. The molecule has 1 aromatic rings. The van der Waals surface area contributed by atoms with E-state index >= 15 is 0 Å².